The molecule has 0 saturated carbocycles. The SMILES string of the molecule is CC(C)(C)c1ccc(-n2c(-c3[c-]c(-c4cc(C(C)(C)C)cc5cccnc45)ccc3)nc3c(-c4cc(-c5ccccc5)ccc4O)cccc32)c(-c2ccccc2)c1.[Pt]. The van der Waals surface area contributed by atoms with Crippen molar-refractivity contribution in [3.05, 3.63) is 181 Å². The van der Waals surface area contributed by atoms with Gasteiger partial charge in [-0.1, -0.05) is 156 Å². The number of hydrogen-bond donors (Lipinski definition) is 1. The Balaban J connectivity index is 0.00000484. The van der Waals surface area contributed by atoms with Gasteiger partial charge in [0, 0.05) is 55.2 Å². The molecule has 0 bridgehead atoms. The third-order valence-electron chi connectivity index (χ3n) is 11.2. The van der Waals surface area contributed by atoms with Crippen molar-refractivity contribution in [3.63, 3.8) is 0 Å². The predicted molar refractivity (Wildman–Crippen MR) is 241 cm³/mol. The van der Waals surface area contributed by atoms with Gasteiger partial charge in [-0.15, -0.1) is 29.8 Å². The van der Waals surface area contributed by atoms with E-state index in [4.69, 9.17) is 9.97 Å². The molecule has 7 aromatic carbocycles. The number of hydrogen-bond acceptors (Lipinski definition) is 3. The number of benzene rings is 7. The van der Waals surface area contributed by atoms with Crippen molar-refractivity contribution in [1.82, 2.24) is 14.5 Å². The molecular formula is C54H46N3OPt-. The van der Waals surface area contributed by atoms with E-state index in [0.717, 1.165) is 83.5 Å². The second kappa shape index (κ2) is 15.6. The van der Waals surface area contributed by atoms with Crippen LogP contribution in [0.1, 0.15) is 52.7 Å². The molecule has 0 aliphatic heterocycles. The Labute approximate surface area is 361 Å². The molecule has 0 amide bonds. The Morgan fingerprint density at radius 2 is 1.19 bits per heavy atom. The molecule has 0 atom stereocenters. The summed E-state index contributed by atoms with van der Waals surface area (Å²) in [7, 11) is 0. The summed E-state index contributed by atoms with van der Waals surface area (Å²) in [5, 5.41) is 12.6. The van der Waals surface area contributed by atoms with Crippen LogP contribution in [0.5, 0.6) is 5.75 Å². The second-order valence-corrected chi connectivity index (χ2v) is 17.2. The van der Waals surface area contributed by atoms with Crippen LogP contribution in [0.15, 0.2) is 164 Å². The minimum absolute atomic E-state index is 0. The van der Waals surface area contributed by atoms with Crippen LogP contribution < -0.4 is 0 Å². The topological polar surface area (TPSA) is 50.9 Å². The molecule has 5 heteroatoms. The van der Waals surface area contributed by atoms with Crippen LogP contribution in [0.4, 0.5) is 0 Å². The van der Waals surface area contributed by atoms with Gasteiger partial charge < -0.3 is 9.67 Å². The summed E-state index contributed by atoms with van der Waals surface area (Å²) in [6.45, 7) is 13.5. The van der Waals surface area contributed by atoms with Gasteiger partial charge in [-0.2, -0.15) is 0 Å². The first-order valence-corrected chi connectivity index (χ1v) is 20.0. The van der Waals surface area contributed by atoms with E-state index in [1.54, 1.807) is 6.07 Å². The number of nitrogens with zero attached hydrogens (tertiary/aromatic N) is 3. The third-order valence-corrected chi connectivity index (χ3v) is 11.2. The number of para-hydroxylation sites is 1. The minimum Gasteiger partial charge on any atom is -0.507 e. The first-order chi connectivity index (χ1) is 27.9. The monoisotopic (exact) mass is 947 g/mol. The summed E-state index contributed by atoms with van der Waals surface area (Å²) in [4.78, 5) is 10.4. The van der Waals surface area contributed by atoms with E-state index in [1.165, 1.54) is 11.1 Å². The third kappa shape index (κ3) is 7.54. The van der Waals surface area contributed by atoms with Gasteiger partial charge in [-0.25, -0.2) is 0 Å². The molecule has 4 nitrogen and oxygen atoms in total. The quantitative estimate of drug-likeness (QED) is 0.169. The molecule has 2 aromatic heterocycles. The van der Waals surface area contributed by atoms with Crippen molar-refractivity contribution in [2.24, 2.45) is 0 Å². The number of pyridine rings is 1. The van der Waals surface area contributed by atoms with Crippen molar-refractivity contribution in [2.45, 2.75) is 52.4 Å². The Morgan fingerprint density at radius 3 is 1.92 bits per heavy atom. The van der Waals surface area contributed by atoms with E-state index in [1.807, 2.05) is 36.5 Å². The number of phenols is 1. The maximum Gasteiger partial charge on any atom is 0.123 e. The number of aromatic nitrogens is 3. The normalized spacial score (nSPS) is 11.8. The van der Waals surface area contributed by atoms with Crippen LogP contribution in [0.25, 0.3) is 83.5 Å². The average Bonchev–Trinajstić information content (AvgIpc) is 3.63. The molecule has 9 rings (SSSR count). The zero-order valence-electron chi connectivity index (χ0n) is 34.2. The van der Waals surface area contributed by atoms with E-state index in [9.17, 15) is 5.11 Å². The molecule has 0 spiro atoms. The molecule has 294 valence electrons. The number of imidazole rings is 1. The van der Waals surface area contributed by atoms with Crippen molar-refractivity contribution in [2.75, 3.05) is 0 Å². The van der Waals surface area contributed by atoms with Crippen LogP contribution in [0.3, 0.4) is 0 Å². The van der Waals surface area contributed by atoms with E-state index in [-0.39, 0.29) is 37.6 Å². The minimum atomic E-state index is -0.0587. The molecule has 1 N–H and O–H groups in total. The molecule has 0 aliphatic rings. The summed E-state index contributed by atoms with van der Waals surface area (Å²) < 4.78 is 2.28. The van der Waals surface area contributed by atoms with E-state index in [0.29, 0.717) is 0 Å². The zero-order chi connectivity index (χ0) is 40.2. The first kappa shape index (κ1) is 39.7. The average molecular weight is 948 g/mol. The van der Waals surface area contributed by atoms with Gasteiger partial charge in [0.05, 0.1) is 16.9 Å². The van der Waals surface area contributed by atoms with Gasteiger partial charge >= 0.3 is 0 Å². The van der Waals surface area contributed by atoms with Gasteiger partial charge in [0.15, 0.2) is 0 Å². The molecule has 9 aromatic rings. The molecule has 0 saturated heterocycles. The molecule has 59 heavy (non-hydrogen) atoms. The van der Waals surface area contributed by atoms with E-state index in [2.05, 4.69) is 174 Å². The van der Waals surface area contributed by atoms with Crippen LogP contribution in [-0.4, -0.2) is 19.6 Å². The van der Waals surface area contributed by atoms with Crippen LogP contribution in [0.2, 0.25) is 0 Å². The van der Waals surface area contributed by atoms with Crippen molar-refractivity contribution in [1.29, 1.82) is 0 Å². The fraction of sp³-hybridized carbons (Fsp3) is 0.148. The maximum absolute atomic E-state index is 11.5. The molecule has 0 radical (unpaired) electrons. The second-order valence-electron chi connectivity index (χ2n) is 17.2. The zero-order valence-corrected chi connectivity index (χ0v) is 36.5. The molecule has 0 aliphatic carbocycles. The number of phenolic OH excluding ortho intramolecular Hbond substituents is 1. The van der Waals surface area contributed by atoms with Crippen LogP contribution in [-0.2, 0) is 31.9 Å². The van der Waals surface area contributed by atoms with E-state index >= 15 is 0 Å². The Bertz CT molecular complexity index is 2970. The molecule has 0 unspecified atom stereocenters. The van der Waals surface area contributed by atoms with Crippen molar-refractivity contribution < 1.29 is 26.2 Å². The summed E-state index contributed by atoms with van der Waals surface area (Å²) in [5.74, 6) is 0.961. The molecule has 2 heterocycles. The molecule has 0 fully saturated rings. The number of aromatic hydroxyl groups is 1. The van der Waals surface area contributed by atoms with Crippen molar-refractivity contribution in [3.8, 4) is 67.3 Å². The van der Waals surface area contributed by atoms with Gasteiger partial charge in [0.2, 0.25) is 0 Å². The van der Waals surface area contributed by atoms with Crippen molar-refractivity contribution >= 4 is 21.9 Å². The summed E-state index contributed by atoms with van der Waals surface area (Å²) in [6, 6.07) is 58.6. The predicted octanol–water partition coefficient (Wildman–Crippen LogP) is 14.0. The summed E-state index contributed by atoms with van der Waals surface area (Å²) in [5.41, 5.74) is 14.8. The number of fused-ring (bicyclic) bond motifs is 2. The first-order valence-electron chi connectivity index (χ1n) is 20.0. The Hall–Kier alpha value is -6.09. The van der Waals surface area contributed by atoms with E-state index < -0.39 is 0 Å². The summed E-state index contributed by atoms with van der Waals surface area (Å²) in [6.07, 6.45) is 1.86. The van der Waals surface area contributed by atoms with Gasteiger partial charge in [0.1, 0.15) is 5.75 Å². The maximum atomic E-state index is 11.5. The summed E-state index contributed by atoms with van der Waals surface area (Å²) >= 11 is 0. The largest absolute Gasteiger partial charge is 0.507 e. The van der Waals surface area contributed by atoms with Gasteiger partial charge in [-0.05, 0) is 80.4 Å². The van der Waals surface area contributed by atoms with Crippen LogP contribution >= 0.6 is 0 Å². The smallest absolute Gasteiger partial charge is 0.123 e. The Kier molecular flexibility index (Phi) is 10.5. The Morgan fingerprint density at radius 1 is 0.508 bits per heavy atom. The fourth-order valence-corrected chi connectivity index (χ4v) is 7.94. The number of rotatable bonds is 6. The van der Waals surface area contributed by atoms with Crippen LogP contribution in [0, 0.1) is 6.07 Å². The van der Waals surface area contributed by atoms with Gasteiger partial charge in [-0.3, -0.25) is 9.97 Å². The molecular weight excluding hydrogens is 902 g/mol. The standard InChI is InChI=1S/C54H46N3O.Pt/c1-53(2,3)41-26-27-47(44(33-41)36-18-11-8-12-19-36)57-48-24-14-23-43(46-32-37(25-28-49(46)58)35-16-9-7-10-17-35)51(48)56-52(57)40-21-13-20-38(30-40)45-34-42(54(4,5)6)31-39-22-15-29-55-50(39)45;/h7-29,31-34,58H,1-6H3;/q-1;. The van der Waals surface area contributed by atoms with Gasteiger partial charge in [0.25, 0.3) is 0 Å². The fourth-order valence-electron chi connectivity index (χ4n) is 7.94.